The van der Waals surface area contributed by atoms with E-state index in [9.17, 15) is 4.79 Å². The molecule has 0 saturated heterocycles. The van der Waals surface area contributed by atoms with Gasteiger partial charge in [0.25, 0.3) is 5.91 Å². The molecule has 0 spiro atoms. The van der Waals surface area contributed by atoms with Crippen LogP contribution in [0.5, 0.6) is 0 Å². The van der Waals surface area contributed by atoms with Gasteiger partial charge >= 0.3 is 0 Å². The molecule has 4 heteroatoms. The lowest BCUT2D eigenvalue weighted by Crippen LogP contribution is -2.24. The van der Waals surface area contributed by atoms with Crippen molar-refractivity contribution in [2.45, 2.75) is 6.54 Å². The van der Waals surface area contributed by atoms with Crippen LogP contribution in [-0.2, 0) is 6.54 Å². The lowest BCUT2D eigenvalue weighted by Gasteiger charge is -2.19. The molecule has 0 bridgehead atoms. The number of rotatable bonds is 6. The lowest BCUT2D eigenvalue weighted by molar-refractivity contribution is 0.0957. The van der Waals surface area contributed by atoms with Gasteiger partial charge in [-0.2, -0.15) is 0 Å². The number of nitrogens with zero attached hydrogens (tertiary/aromatic N) is 2. The fourth-order valence-electron chi connectivity index (χ4n) is 1.98. The van der Waals surface area contributed by atoms with E-state index >= 15 is 0 Å². The summed E-state index contributed by atoms with van der Waals surface area (Å²) in [5.74, 6) is -0.141. The summed E-state index contributed by atoms with van der Waals surface area (Å²) in [4.78, 5) is 18.1. The molecule has 2 aromatic rings. The predicted molar refractivity (Wildman–Crippen MR) is 85.3 cm³/mol. The molecule has 0 saturated carbocycles. The number of carbonyl (C=O) groups excluding carboxylic acids is 1. The van der Waals surface area contributed by atoms with Crippen LogP contribution in [0.3, 0.4) is 0 Å². The van der Waals surface area contributed by atoms with Gasteiger partial charge in [0.05, 0.1) is 17.4 Å². The minimum atomic E-state index is -0.141. The van der Waals surface area contributed by atoms with Crippen LogP contribution >= 0.6 is 0 Å². The van der Waals surface area contributed by atoms with Crippen LogP contribution in [0.25, 0.3) is 0 Å². The van der Waals surface area contributed by atoms with Gasteiger partial charge in [-0.1, -0.05) is 36.4 Å². The number of hydrogen-bond donors (Lipinski definition) is 1. The summed E-state index contributed by atoms with van der Waals surface area (Å²) >= 11 is 0. The van der Waals surface area contributed by atoms with Crippen LogP contribution in [0.2, 0.25) is 0 Å². The second-order valence-electron chi connectivity index (χ2n) is 4.77. The quantitative estimate of drug-likeness (QED) is 0.828. The largest absolute Gasteiger partial charge is 0.369 e. The third kappa shape index (κ3) is 4.18. The van der Waals surface area contributed by atoms with E-state index in [0.29, 0.717) is 12.1 Å². The van der Waals surface area contributed by atoms with Crippen molar-refractivity contribution in [1.29, 1.82) is 0 Å². The standard InChI is InChI=1S/C17H19N3O/c1-3-9-19-17(21)15-10-16(12-18-11-15)20(2)13-14-7-5-4-6-8-14/h3-8,10-12H,1,9,13H2,2H3,(H,19,21). The molecule has 4 nitrogen and oxygen atoms in total. The number of anilines is 1. The zero-order chi connectivity index (χ0) is 15.1. The average molecular weight is 281 g/mol. The Morgan fingerprint density at radius 3 is 2.81 bits per heavy atom. The first-order valence-corrected chi connectivity index (χ1v) is 6.80. The number of aromatic nitrogens is 1. The minimum Gasteiger partial charge on any atom is -0.369 e. The number of amides is 1. The van der Waals surface area contributed by atoms with Crippen molar-refractivity contribution in [2.24, 2.45) is 0 Å². The average Bonchev–Trinajstić information content (AvgIpc) is 2.53. The van der Waals surface area contributed by atoms with Gasteiger partial charge in [-0.25, -0.2) is 0 Å². The molecule has 1 aromatic carbocycles. The summed E-state index contributed by atoms with van der Waals surface area (Å²) in [6, 6.07) is 12.0. The Labute approximate surface area is 125 Å². The van der Waals surface area contributed by atoms with Crippen molar-refractivity contribution in [3.63, 3.8) is 0 Å². The SMILES string of the molecule is C=CCNC(=O)c1cncc(N(C)Cc2ccccc2)c1. The van der Waals surface area contributed by atoms with Gasteiger partial charge in [0, 0.05) is 26.3 Å². The van der Waals surface area contributed by atoms with Gasteiger partial charge in [0.15, 0.2) is 0 Å². The first kappa shape index (κ1) is 14.8. The molecule has 0 radical (unpaired) electrons. The van der Waals surface area contributed by atoms with Gasteiger partial charge in [0.1, 0.15) is 0 Å². The molecule has 0 aliphatic rings. The maximum Gasteiger partial charge on any atom is 0.253 e. The summed E-state index contributed by atoms with van der Waals surface area (Å²) in [6.07, 6.45) is 4.97. The molecule has 1 aromatic heterocycles. The molecular formula is C17H19N3O. The van der Waals surface area contributed by atoms with E-state index in [-0.39, 0.29) is 5.91 Å². The fourth-order valence-corrected chi connectivity index (χ4v) is 1.98. The second-order valence-corrected chi connectivity index (χ2v) is 4.77. The molecule has 2 rings (SSSR count). The number of hydrogen-bond acceptors (Lipinski definition) is 3. The fraction of sp³-hybridized carbons (Fsp3) is 0.176. The molecule has 0 aliphatic carbocycles. The Kier molecular flexibility index (Phi) is 5.10. The minimum absolute atomic E-state index is 0.141. The van der Waals surface area contributed by atoms with Gasteiger partial charge in [-0.15, -0.1) is 6.58 Å². The zero-order valence-electron chi connectivity index (χ0n) is 12.1. The summed E-state index contributed by atoms with van der Waals surface area (Å²) in [5, 5.41) is 2.75. The molecule has 21 heavy (non-hydrogen) atoms. The summed E-state index contributed by atoms with van der Waals surface area (Å²) in [5.41, 5.74) is 2.67. The van der Waals surface area contributed by atoms with E-state index in [1.807, 2.05) is 31.3 Å². The Bertz CT molecular complexity index is 610. The third-order valence-electron chi connectivity index (χ3n) is 3.10. The van der Waals surface area contributed by atoms with Crippen LogP contribution in [-0.4, -0.2) is 24.5 Å². The highest BCUT2D eigenvalue weighted by Gasteiger charge is 2.08. The van der Waals surface area contributed by atoms with E-state index < -0.39 is 0 Å². The van der Waals surface area contributed by atoms with Gasteiger partial charge in [-0.05, 0) is 11.6 Å². The van der Waals surface area contributed by atoms with Gasteiger partial charge < -0.3 is 10.2 Å². The summed E-state index contributed by atoms with van der Waals surface area (Å²) in [7, 11) is 1.98. The highest BCUT2D eigenvalue weighted by atomic mass is 16.1. The van der Waals surface area contributed by atoms with Crippen molar-refractivity contribution >= 4 is 11.6 Å². The Balaban J connectivity index is 2.09. The number of pyridine rings is 1. The monoisotopic (exact) mass is 281 g/mol. The third-order valence-corrected chi connectivity index (χ3v) is 3.10. The Morgan fingerprint density at radius 1 is 1.33 bits per heavy atom. The molecule has 1 heterocycles. The van der Waals surface area contributed by atoms with E-state index in [1.54, 1.807) is 18.5 Å². The van der Waals surface area contributed by atoms with Crippen molar-refractivity contribution in [3.05, 3.63) is 72.6 Å². The van der Waals surface area contributed by atoms with Gasteiger partial charge in [-0.3, -0.25) is 9.78 Å². The van der Waals surface area contributed by atoms with Crippen LogP contribution < -0.4 is 10.2 Å². The molecule has 0 atom stereocenters. The smallest absolute Gasteiger partial charge is 0.253 e. The maximum absolute atomic E-state index is 11.9. The summed E-state index contributed by atoms with van der Waals surface area (Å²) in [6.45, 7) is 4.79. The first-order chi connectivity index (χ1) is 10.2. The van der Waals surface area contributed by atoms with E-state index in [0.717, 1.165) is 12.2 Å². The van der Waals surface area contributed by atoms with Gasteiger partial charge in [0.2, 0.25) is 0 Å². The number of nitrogens with one attached hydrogen (secondary N) is 1. The highest BCUT2D eigenvalue weighted by Crippen LogP contribution is 2.15. The second kappa shape index (κ2) is 7.24. The number of carbonyl (C=O) groups is 1. The van der Waals surface area contributed by atoms with E-state index in [2.05, 4.69) is 33.9 Å². The molecule has 1 N–H and O–H groups in total. The van der Waals surface area contributed by atoms with Crippen molar-refractivity contribution in [3.8, 4) is 0 Å². The highest BCUT2D eigenvalue weighted by molar-refractivity contribution is 5.94. The van der Waals surface area contributed by atoms with Crippen molar-refractivity contribution in [1.82, 2.24) is 10.3 Å². The number of benzene rings is 1. The van der Waals surface area contributed by atoms with Crippen LogP contribution in [0.15, 0.2) is 61.4 Å². The topological polar surface area (TPSA) is 45.2 Å². The van der Waals surface area contributed by atoms with Crippen LogP contribution in [0.4, 0.5) is 5.69 Å². The Hall–Kier alpha value is -2.62. The zero-order valence-corrected chi connectivity index (χ0v) is 12.1. The maximum atomic E-state index is 11.9. The van der Waals surface area contributed by atoms with Crippen LogP contribution in [0.1, 0.15) is 15.9 Å². The molecule has 0 fully saturated rings. The van der Waals surface area contributed by atoms with Crippen molar-refractivity contribution < 1.29 is 4.79 Å². The first-order valence-electron chi connectivity index (χ1n) is 6.80. The molecular weight excluding hydrogens is 262 g/mol. The molecule has 108 valence electrons. The normalized spacial score (nSPS) is 9.95. The van der Waals surface area contributed by atoms with Crippen LogP contribution in [0, 0.1) is 0 Å². The molecule has 1 amide bonds. The molecule has 0 unspecified atom stereocenters. The Morgan fingerprint density at radius 2 is 2.10 bits per heavy atom. The lowest BCUT2D eigenvalue weighted by atomic mass is 10.2. The van der Waals surface area contributed by atoms with E-state index in [4.69, 9.17) is 0 Å². The summed E-state index contributed by atoms with van der Waals surface area (Å²) < 4.78 is 0. The van der Waals surface area contributed by atoms with E-state index in [1.165, 1.54) is 5.56 Å². The molecule has 0 aliphatic heterocycles. The van der Waals surface area contributed by atoms with Crippen molar-refractivity contribution in [2.75, 3.05) is 18.5 Å². The predicted octanol–water partition coefficient (Wildman–Crippen LogP) is 2.63.